The number of hydrogen-bond donors (Lipinski definition) is 0. The minimum Gasteiger partial charge on any atom is -0.0771 e. The van der Waals surface area contributed by atoms with Crippen LogP contribution in [0.25, 0.3) is 0 Å². The molecule has 0 spiro atoms. The number of benzene rings is 1. The van der Waals surface area contributed by atoms with Gasteiger partial charge in [-0.1, -0.05) is 67.5 Å². The standard InChI is InChI=1S/C17H22/c1-13-9-14(2)11-15(10-13)12-17(3,4)16-7-5-6-8-16/h5-11,16H,12H2,1-4H3. The molecule has 1 aromatic carbocycles. The second-order valence-electron chi connectivity index (χ2n) is 5.96. The van der Waals surface area contributed by atoms with Crippen molar-refractivity contribution in [2.24, 2.45) is 11.3 Å². The van der Waals surface area contributed by atoms with Crippen LogP contribution in [-0.4, -0.2) is 0 Å². The summed E-state index contributed by atoms with van der Waals surface area (Å²) in [5.41, 5.74) is 4.49. The van der Waals surface area contributed by atoms with Crippen LogP contribution < -0.4 is 0 Å². The van der Waals surface area contributed by atoms with E-state index in [1.807, 2.05) is 0 Å². The van der Waals surface area contributed by atoms with Crippen LogP contribution in [0.2, 0.25) is 0 Å². The largest absolute Gasteiger partial charge is 0.0771 e. The van der Waals surface area contributed by atoms with Crippen molar-refractivity contribution in [2.45, 2.75) is 34.1 Å². The Hall–Kier alpha value is -1.30. The van der Waals surface area contributed by atoms with Gasteiger partial charge in [0.2, 0.25) is 0 Å². The lowest BCUT2D eigenvalue weighted by atomic mass is 9.75. The van der Waals surface area contributed by atoms with Gasteiger partial charge in [0.05, 0.1) is 0 Å². The first-order valence-electron chi connectivity index (χ1n) is 6.39. The predicted molar refractivity (Wildman–Crippen MR) is 75.2 cm³/mol. The van der Waals surface area contributed by atoms with Crippen molar-refractivity contribution in [1.29, 1.82) is 0 Å². The van der Waals surface area contributed by atoms with E-state index in [2.05, 4.69) is 70.2 Å². The summed E-state index contributed by atoms with van der Waals surface area (Å²) < 4.78 is 0. The number of allylic oxidation sites excluding steroid dienone is 4. The normalized spacial score (nSPS) is 15.8. The quantitative estimate of drug-likeness (QED) is 0.705. The first kappa shape index (κ1) is 12.2. The summed E-state index contributed by atoms with van der Waals surface area (Å²) in [6.45, 7) is 9.07. The van der Waals surface area contributed by atoms with Crippen LogP contribution in [0.1, 0.15) is 30.5 Å². The van der Waals surface area contributed by atoms with Gasteiger partial charge in [0, 0.05) is 5.92 Å². The highest BCUT2D eigenvalue weighted by molar-refractivity contribution is 5.30. The van der Waals surface area contributed by atoms with Gasteiger partial charge in [0.25, 0.3) is 0 Å². The average molecular weight is 226 g/mol. The SMILES string of the molecule is Cc1cc(C)cc(CC(C)(C)C2C=CC=C2)c1. The molecule has 0 heteroatoms. The molecule has 1 aromatic rings. The topological polar surface area (TPSA) is 0 Å². The summed E-state index contributed by atoms with van der Waals surface area (Å²) in [5, 5.41) is 0. The Bertz CT molecular complexity index is 429. The van der Waals surface area contributed by atoms with Crippen LogP contribution in [0.15, 0.2) is 42.5 Å². The summed E-state index contributed by atoms with van der Waals surface area (Å²) >= 11 is 0. The number of aryl methyl sites for hydroxylation is 2. The summed E-state index contributed by atoms with van der Waals surface area (Å²) in [7, 11) is 0. The summed E-state index contributed by atoms with van der Waals surface area (Å²) in [6, 6.07) is 6.88. The molecule has 0 aromatic heterocycles. The highest BCUT2D eigenvalue weighted by Gasteiger charge is 2.27. The van der Waals surface area contributed by atoms with Crippen molar-refractivity contribution >= 4 is 0 Å². The zero-order valence-electron chi connectivity index (χ0n) is 11.3. The van der Waals surface area contributed by atoms with Gasteiger partial charge in [0.15, 0.2) is 0 Å². The van der Waals surface area contributed by atoms with Gasteiger partial charge < -0.3 is 0 Å². The van der Waals surface area contributed by atoms with Crippen molar-refractivity contribution in [3.05, 3.63) is 59.2 Å². The Morgan fingerprint density at radius 2 is 1.47 bits per heavy atom. The molecule has 0 bridgehead atoms. The van der Waals surface area contributed by atoms with Crippen molar-refractivity contribution < 1.29 is 0 Å². The fourth-order valence-corrected chi connectivity index (χ4v) is 2.77. The molecule has 17 heavy (non-hydrogen) atoms. The molecule has 0 fully saturated rings. The van der Waals surface area contributed by atoms with Gasteiger partial charge in [-0.3, -0.25) is 0 Å². The lowest BCUT2D eigenvalue weighted by molar-refractivity contribution is 0.303. The van der Waals surface area contributed by atoms with Gasteiger partial charge in [0.1, 0.15) is 0 Å². The fourth-order valence-electron chi connectivity index (χ4n) is 2.77. The molecule has 1 aliphatic carbocycles. The van der Waals surface area contributed by atoms with Crippen LogP contribution in [-0.2, 0) is 6.42 Å². The van der Waals surface area contributed by atoms with E-state index in [0.717, 1.165) is 6.42 Å². The van der Waals surface area contributed by atoms with Crippen LogP contribution in [0.5, 0.6) is 0 Å². The van der Waals surface area contributed by atoms with Crippen molar-refractivity contribution in [3.63, 3.8) is 0 Å². The molecule has 0 heterocycles. The molecule has 90 valence electrons. The monoisotopic (exact) mass is 226 g/mol. The Labute approximate surface area is 105 Å². The van der Waals surface area contributed by atoms with Crippen LogP contribution in [0, 0.1) is 25.2 Å². The smallest absolute Gasteiger partial charge is 0.000717 e. The maximum absolute atomic E-state index is 2.36. The number of hydrogen-bond acceptors (Lipinski definition) is 0. The molecule has 0 unspecified atom stereocenters. The van der Waals surface area contributed by atoms with E-state index in [4.69, 9.17) is 0 Å². The third-order valence-electron chi connectivity index (χ3n) is 3.59. The molecule has 0 nitrogen and oxygen atoms in total. The predicted octanol–water partition coefficient (Wildman–Crippen LogP) is 4.61. The first-order valence-corrected chi connectivity index (χ1v) is 6.39. The van der Waals surface area contributed by atoms with E-state index in [0.29, 0.717) is 11.3 Å². The molecule has 0 N–H and O–H groups in total. The minimum atomic E-state index is 0.295. The second kappa shape index (κ2) is 4.52. The molecule has 0 radical (unpaired) electrons. The van der Waals surface area contributed by atoms with E-state index in [1.165, 1.54) is 16.7 Å². The molecular weight excluding hydrogens is 204 g/mol. The summed E-state index contributed by atoms with van der Waals surface area (Å²) in [5.74, 6) is 0.573. The summed E-state index contributed by atoms with van der Waals surface area (Å²) in [4.78, 5) is 0. The second-order valence-corrected chi connectivity index (χ2v) is 5.96. The summed E-state index contributed by atoms with van der Waals surface area (Å²) in [6.07, 6.45) is 10.1. The highest BCUT2D eigenvalue weighted by atomic mass is 14.3. The highest BCUT2D eigenvalue weighted by Crippen LogP contribution is 2.35. The number of rotatable bonds is 3. The first-order chi connectivity index (χ1) is 7.97. The van der Waals surface area contributed by atoms with E-state index in [-0.39, 0.29) is 0 Å². The van der Waals surface area contributed by atoms with E-state index in [9.17, 15) is 0 Å². The molecule has 1 aliphatic rings. The van der Waals surface area contributed by atoms with Gasteiger partial charge in [-0.2, -0.15) is 0 Å². The van der Waals surface area contributed by atoms with Gasteiger partial charge in [-0.25, -0.2) is 0 Å². The molecule has 2 rings (SSSR count). The van der Waals surface area contributed by atoms with Crippen LogP contribution >= 0.6 is 0 Å². The van der Waals surface area contributed by atoms with E-state index >= 15 is 0 Å². The zero-order valence-corrected chi connectivity index (χ0v) is 11.3. The Balaban J connectivity index is 2.19. The van der Waals surface area contributed by atoms with Gasteiger partial charge in [-0.15, -0.1) is 0 Å². The van der Waals surface area contributed by atoms with Gasteiger partial charge in [-0.05, 0) is 31.2 Å². The minimum absolute atomic E-state index is 0.295. The van der Waals surface area contributed by atoms with E-state index in [1.54, 1.807) is 0 Å². The molecule has 0 amide bonds. The zero-order chi connectivity index (χ0) is 12.5. The Kier molecular flexibility index (Phi) is 3.24. The van der Waals surface area contributed by atoms with Crippen molar-refractivity contribution in [1.82, 2.24) is 0 Å². The molecular formula is C17H22. The maximum Gasteiger partial charge on any atom is 0.000717 e. The van der Waals surface area contributed by atoms with Crippen LogP contribution in [0.3, 0.4) is 0 Å². The fraction of sp³-hybridized carbons (Fsp3) is 0.412. The van der Waals surface area contributed by atoms with Crippen molar-refractivity contribution in [3.8, 4) is 0 Å². The lowest BCUT2D eigenvalue weighted by Gasteiger charge is -2.30. The van der Waals surface area contributed by atoms with Gasteiger partial charge >= 0.3 is 0 Å². The maximum atomic E-state index is 2.36. The third-order valence-corrected chi connectivity index (χ3v) is 3.59. The molecule has 0 atom stereocenters. The lowest BCUT2D eigenvalue weighted by Crippen LogP contribution is -2.23. The van der Waals surface area contributed by atoms with Crippen LogP contribution in [0.4, 0.5) is 0 Å². The molecule has 0 aliphatic heterocycles. The Morgan fingerprint density at radius 1 is 0.941 bits per heavy atom. The third kappa shape index (κ3) is 2.88. The molecule has 0 saturated carbocycles. The molecule has 0 saturated heterocycles. The van der Waals surface area contributed by atoms with Crippen molar-refractivity contribution in [2.75, 3.05) is 0 Å². The van der Waals surface area contributed by atoms with E-state index < -0.39 is 0 Å². The average Bonchev–Trinajstić information content (AvgIpc) is 2.67. The Morgan fingerprint density at radius 3 is 2.00 bits per heavy atom.